The fourth-order valence-electron chi connectivity index (χ4n) is 3.56. The summed E-state index contributed by atoms with van der Waals surface area (Å²) in [5.41, 5.74) is 0. The van der Waals surface area contributed by atoms with E-state index in [4.69, 9.17) is 18.3 Å². The summed E-state index contributed by atoms with van der Waals surface area (Å²) in [6, 6.07) is 0. The number of carbonyl (C=O) groups excluding carboxylic acids is 2. The summed E-state index contributed by atoms with van der Waals surface area (Å²) in [4.78, 5) is 25.3. The number of aliphatic hydroxyl groups excluding tert-OH is 2. The second-order valence-corrected chi connectivity index (χ2v) is 22.4. The molecule has 0 saturated carbocycles. The van der Waals surface area contributed by atoms with E-state index in [1.165, 1.54) is 24.3 Å². The highest BCUT2D eigenvalue weighted by atomic mass is 28.4. The van der Waals surface area contributed by atoms with Gasteiger partial charge in [-0.3, -0.25) is 9.59 Å². The number of hydrogen-bond acceptors (Lipinski definition) is 8. The first kappa shape index (κ1) is 31.2. The maximum absolute atomic E-state index is 12.7. The summed E-state index contributed by atoms with van der Waals surface area (Å²) >= 11 is 0. The normalized spacial score (nSPS) is 27.9. The summed E-state index contributed by atoms with van der Waals surface area (Å²) in [6.45, 7) is 21.3. The van der Waals surface area contributed by atoms with Crippen molar-refractivity contribution >= 4 is 28.2 Å². The Bertz CT molecular complexity index is 783. The number of carbonyl (C=O) groups is 2. The molecule has 2 aliphatic rings. The van der Waals surface area contributed by atoms with E-state index in [2.05, 4.69) is 67.7 Å². The van der Waals surface area contributed by atoms with Crippen LogP contribution in [-0.4, -0.2) is 75.4 Å². The third-order valence-electron chi connectivity index (χ3n) is 7.90. The minimum Gasteiger partial charge on any atom is -0.411 e. The van der Waals surface area contributed by atoms with Gasteiger partial charge in [-0.1, -0.05) is 41.5 Å². The van der Waals surface area contributed by atoms with Crippen molar-refractivity contribution < 1.29 is 38.1 Å². The summed E-state index contributed by atoms with van der Waals surface area (Å²) < 4.78 is 24.9. The molecule has 2 heterocycles. The Labute approximate surface area is 218 Å². The largest absolute Gasteiger partial charge is 0.411 e. The summed E-state index contributed by atoms with van der Waals surface area (Å²) in [5, 5.41) is 19.8. The van der Waals surface area contributed by atoms with E-state index in [-0.39, 0.29) is 34.5 Å². The van der Waals surface area contributed by atoms with Gasteiger partial charge in [-0.25, -0.2) is 0 Å². The molecule has 2 rings (SSSR count). The number of ether oxygens (including phenoxy) is 2. The molecule has 0 aromatic heterocycles. The number of ketones is 2. The van der Waals surface area contributed by atoms with Crippen LogP contribution in [0.25, 0.3) is 0 Å². The van der Waals surface area contributed by atoms with Gasteiger partial charge in [0.2, 0.25) is 0 Å². The van der Waals surface area contributed by atoms with E-state index in [1.54, 1.807) is 0 Å². The molecule has 0 bridgehead atoms. The van der Waals surface area contributed by atoms with E-state index >= 15 is 0 Å². The van der Waals surface area contributed by atoms with Gasteiger partial charge in [-0.2, -0.15) is 0 Å². The van der Waals surface area contributed by atoms with Crippen LogP contribution in [0.4, 0.5) is 0 Å². The van der Waals surface area contributed by atoms with Crippen LogP contribution < -0.4 is 0 Å². The van der Waals surface area contributed by atoms with Crippen molar-refractivity contribution in [3.63, 3.8) is 0 Å². The van der Waals surface area contributed by atoms with Gasteiger partial charge in [-0.15, -0.1) is 0 Å². The van der Waals surface area contributed by atoms with Crippen LogP contribution in [0.15, 0.2) is 24.3 Å². The molecule has 0 saturated heterocycles. The van der Waals surface area contributed by atoms with Crippen LogP contribution in [-0.2, 0) is 27.9 Å². The Balaban J connectivity index is 2.50. The topological polar surface area (TPSA) is 112 Å². The zero-order valence-corrected chi connectivity index (χ0v) is 25.5. The molecule has 2 N–H and O–H groups in total. The number of rotatable bonds is 9. The molecule has 6 atom stereocenters. The lowest BCUT2D eigenvalue weighted by molar-refractivity contribution is -0.160. The third kappa shape index (κ3) is 8.00. The smallest absolute Gasteiger partial charge is 0.192 e. The van der Waals surface area contributed by atoms with Crippen molar-refractivity contribution in [2.75, 3.05) is 0 Å². The van der Waals surface area contributed by atoms with Crippen LogP contribution in [0.3, 0.4) is 0 Å². The summed E-state index contributed by atoms with van der Waals surface area (Å²) in [6.07, 6.45) is 0.243. The number of hydrogen-bond donors (Lipinski definition) is 2. The van der Waals surface area contributed by atoms with Gasteiger partial charge in [-0.05, 0) is 60.6 Å². The molecule has 206 valence electrons. The van der Waals surface area contributed by atoms with Crippen LogP contribution >= 0.6 is 0 Å². The van der Waals surface area contributed by atoms with Gasteiger partial charge in [0.1, 0.15) is 12.2 Å². The molecule has 0 spiro atoms. The Morgan fingerprint density at radius 3 is 1.33 bits per heavy atom. The monoisotopic (exact) mass is 542 g/mol. The van der Waals surface area contributed by atoms with Gasteiger partial charge >= 0.3 is 0 Å². The Morgan fingerprint density at radius 1 is 0.750 bits per heavy atom. The van der Waals surface area contributed by atoms with E-state index in [1.807, 2.05) is 0 Å². The SMILES string of the molecule is CC(C)(C)[Si](C)(C)O[C@H](C[C@H]1O[C@H](O)C=CC1=O)[C@@H](C[C@H]1O[C@@H](O)C=CC1=O)O[Si](C)(C)C(C)(C)C. The molecule has 0 amide bonds. The van der Waals surface area contributed by atoms with Crippen molar-refractivity contribution in [2.24, 2.45) is 0 Å². The minimum absolute atomic E-state index is 0.125. The standard InChI is InChI=1S/C26H46O8Si2/c1-25(2,3)35(7,8)33-21(15-19-17(27)11-13-23(29)31-19)22(34-36(9,10)26(4,5)6)16-20-18(28)12-14-24(30)32-20/h11-14,19-24,29-30H,15-16H2,1-10H3/t19-,20-,21-,22-,23-,24+/m1/s1. The van der Waals surface area contributed by atoms with Gasteiger partial charge in [0, 0.05) is 12.8 Å². The van der Waals surface area contributed by atoms with Gasteiger partial charge in [0.15, 0.2) is 40.8 Å². The van der Waals surface area contributed by atoms with Gasteiger partial charge in [0.25, 0.3) is 0 Å². The molecule has 0 radical (unpaired) electrons. The first-order valence-corrected chi connectivity index (χ1v) is 18.5. The first-order valence-electron chi connectivity index (χ1n) is 12.7. The van der Waals surface area contributed by atoms with Crippen molar-refractivity contribution in [2.45, 2.75) is 128 Å². The average Bonchev–Trinajstić information content (AvgIpc) is 2.70. The van der Waals surface area contributed by atoms with Crippen LogP contribution in [0.2, 0.25) is 36.3 Å². The highest BCUT2D eigenvalue weighted by Gasteiger charge is 2.47. The maximum atomic E-state index is 12.7. The predicted octanol–water partition coefficient (Wildman–Crippen LogP) is 4.23. The third-order valence-corrected chi connectivity index (χ3v) is 16.9. The first-order chi connectivity index (χ1) is 16.2. The molecule has 0 aromatic rings. The molecule has 8 nitrogen and oxygen atoms in total. The molecule has 0 unspecified atom stereocenters. The van der Waals surface area contributed by atoms with Gasteiger partial charge in [0.05, 0.1) is 12.2 Å². The molecular weight excluding hydrogens is 496 g/mol. The summed E-state index contributed by atoms with van der Waals surface area (Å²) in [5.74, 6) is -0.503. The molecule has 2 aliphatic heterocycles. The summed E-state index contributed by atoms with van der Waals surface area (Å²) in [7, 11) is -4.75. The van der Waals surface area contributed by atoms with E-state index in [9.17, 15) is 19.8 Å². The molecule has 0 fully saturated rings. The van der Waals surface area contributed by atoms with Crippen LogP contribution in [0.1, 0.15) is 54.4 Å². The van der Waals surface area contributed by atoms with E-state index in [0.29, 0.717) is 0 Å². The Hall–Kier alpha value is -0.986. The second kappa shape index (κ2) is 11.4. The quantitative estimate of drug-likeness (QED) is 0.416. The second-order valence-electron chi connectivity index (χ2n) is 12.9. The molecule has 0 aromatic carbocycles. The lowest BCUT2D eigenvalue weighted by atomic mass is 9.96. The van der Waals surface area contributed by atoms with Crippen LogP contribution in [0.5, 0.6) is 0 Å². The highest BCUT2D eigenvalue weighted by Crippen LogP contribution is 2.42. The van der Waals surface area contributed by atoms with Crippen molar-refractivity contribution in [3.8, 4) is 0 Å². The van der Waals surface area contributed by atoms with E-state index < -0.39 is 53.6 Å². The predicted molar refractivity (Wildman–Crippen MR) is 143 cm³/mol. The lowest BCUT2D eigenvalue weighted by Gasteiger charge is -2.46. The Kier molecular flexibility index (Phi) is 9.89. The zero-order chi connectivity index (χ0) is 27.7. The highest BCUT2D eigenvalue weighted by molar-refractivity contribution is 6.74. The Morgan fingerprint density at radius 2 is 1.06 bits per heavy atom. The minimum atomic E-state index is -2.37. The molecule has 0 aliphatic carbocycles. The molecule has 36 heavy (non-hydrogen) atoms. The fourth-order valence-corrected chi connectivity index (χ4v) is 6.27. The fraction of sp³-hybridized carbons (Fsp3) is 0.769. The maximum Gasteiger partial charge on any atom is 0.192 e. The van der Waals surface area contributed by atoms with E-state index in [0.717, 1.165) is 0 Å². The number of aliphatic hydroxyl groups is 2. The van der Waals surface area contributed by atoms with Crippen molar-refractivity contribution in [1.82, 2.24) is 0 Å². The lowest BCUT2D eigenvalue weighted by Crippen LogP contribution is -2.54. The zero-order valence-electron chi connectivity index (χ0n) is 23.5. The van der Waals surface area contributed by atoms with Gasteiger partial charge < -0.3 is 28.5 Å². The molecule has 10 heteroatoms. The average molecular weight is 543 g/mol. The van der Waals surface area contributed by atoms with Crippen molar-refractivity contribution in [3.05, 3.63) is 24.3 Å². The molecular formula is C26H46O8Si2. The van der Waals surface area contributed by atoms with Crippen LogP contribution in [0, 0.1) is 0 Å². The van der Waals surface area contributed by atoms with Crippen molar-refractivity contribution in [1.29, 1.82) is 0 Å².